The molecule has 3 nitrogen and oxygen atoms in total. The zero-order valence-corrected chi connectivity index (χ0v) is 31.3. The average molecular weight is 720 g/mol. The van der Waals surface area contributed by atoms with E-state index in [0.29, 0.717) is 17.5 Å². The van der Waals surface area contributed by atoms with Crippen molar-refractivity contribution in [1.82, 2.24) is 15.0 Å². The number of nitrogens with zero attached hydrogens (tertiary/aromatic N) is 3. The van der Waals surface area contributed by atoms with Crippen molar-refractivity contribution in [2.75, 3.05) is 0 Å². The van der Waals surface area contributed by atoms with Crippen molar-refractivity contribution in [3.05, 3.63) is 175 Å². The van der Waals surface area contributed by atoms with Crippen molar-refractivity contribution in [1.29, 1.82) is 0 Å². The molecule has 5 aliphatic rings. The van der Waals surface area contributed by atoms with E-state index >= 15 is 0 Å². The summed E-state index contributed by atoms with van der Waals surface area (Å²) in [6.45, 7) is 0. The van der Waals surface area contributed by atoms with Crippen LogP contribution in [-0.2, 0) is 5.41 Å². The van der Waals surface area contributed by atoms with Crippen LogP contribution in [0.3, 0.4) is 0 Å². The van der Waals surface area contributed by atoms with Gasteiger partial charge in [0.1, 0.15) is 0 Å². The first-order valence-electron chi connectivity index (χ1n) is 20.4. The predicted octanol–water partition coefficient (Wildman–Crippen LogP) is 13.1. The van der Waals surface area contributed by atoms with Gasteiger partial charge in [0.25, 0.3) is 0 Å². The zero-order chi connectivity index (χ0) is 36.8. The Kier molecular flexibility index (Phi) is 7.11. The van der Waals surface area contributed by atoms with Crippen molar-refractivity contribution in [2.24, 2.45) is 23.7 Å². The molecule has 1 aromatic heterocycles. The first kappa shape index (κ1) is 32.1. The van der Waals surface area contributed by atoms with Gasteiger partial charge in [0.05, 0.1) is 0 Å². The maximum atomic E-state index is 5.10. The second kappa shape index (κ2) is 12.4. The second-order valence-corrected chi connectivity index (χ2v) is 16.8. The lowest BCUT2D eigenvalue weighted by Crippen LogP contribution is -2.55. The third-order valence-corrected chi connectivity index (χ3v) is 13.9. The summed E-state index contributed by atoms with van der Waals surface area (Å²) in [7, 11) is 0. The molecule has 0 amide bonds. The van der Waals surface area contributed by atoms with Gasteiger partial charge in [-0.25, -0.2) is 15.0 Å². The number of fused-ring (bicyclic) bond motifs is 5. The molecule has 0 aliphatic heterocycles. The van der Waals surface area contributed by atoms with Crippen LogP contribution in [0, 0.1) is 23.7 Å². The molecule has 4 saturated carbocycles. The fraction of sp³-hybridized carbons (Fsp3) is 0.189. The van der Waals surface area contributed by atoms with Gasteiger partial charge < -0.3 is 0 Å². The van der Waals surface area contributed by atoms with E-state index in [0.717, 1.165) is 40.4 Å². The Morgan fingerprint density at radius 2 is 0.839 bits per heavy atom. The van der Waals surface area contributed by atoms with Gasteiger partial charge in [-0.05, 0) is 111 Å². The minimum Gasteiger partial charge on any atom is -0.208 e. The molecule has 0 atom stereocenters. The van der Waals surface area contributed by atoms with E-state index in [4.69, 9.17) is 15.0 Å². The highest BCUT2D eigenvalue weighted by Crippen LogP contribution is 2.70. The average Bonchev–Trinajstić information content (AvgIpc) is 3.57. The Balaban J connectivity index is 0.979. The van der Waals surface area contributed by atoms with Crippen LogP contribution in [0.15, 0.2) is 164 Å². The highest BCUT2D eigenvalue weighted by Gasteiger charge is 2.62. The largest absolute Gasteiger partial charge is 0.208 e. The summed E-state index contributed by atoms with van der Waals surface area (Å²) in [6.07, 6.45) is 6.99. The number of benzene rings is 7. The summed E-state index contributed by atoms with van der Waals surface area (Å²) in [4.78, 5) is 15.2. The van der Waals surface area contributed by atoms with E-state index in [2.05, 4.69) is 140 Å². The summed E-state index contributed by atoms with van der Waals surface area (Å²) in [5.41, 5.74) is 14.1. The maximum Gasteiger partial charge on any atom is 0.164 e. The molecule has 1 spiro atoms. The van der Waals surface area contributed by atoms with Crippen molar-refractivity contribution < 1.29 is 0 Å². The Morgan fingerprint density at radius 1 is 0.357 bits per heavy atom. The molecule has 8 aromatic rings. The molecule has 0 radical (unpaired) electrons. The summed E-state index contributed by atoms with van der Waals surface area (Å²) in [5, 5.41) is 2.72. The first-order valence-corrected chi connectivity index (χ1v) is 20.4. The Bertz CT molecular complexity index is 2760. The van der Waals surface area contributed by atoms with E-state index in [-0.39, 0.29) is 5.41 Å². The van der Waals surface area contributed by atoms with Gasteiger partial charge in [0.15, 0.2) is 17.5 Å². The molecule has 3 heteroatoms. The molecule has 1 heterocycles. The lowest BCUT2D eigenvalue weighted by atomic mass is 9.43. The van der Waals surface area contributed by atoms with Crippen molar-refractivity contribution in [3.8, 4) is 67.5 Å². The summed E-state index contributed by atoms with van der Waals surface area (Å²) in [5.74, 6) is 5.30. The number of rotatable bonds is 5. The van der Waals surface area contributed by atoms with Gasteiger partial charge in [0.2, 0.25) is 0 Å². The lowest BCUT2D eigenvalue weighted by Gasteiger charge is -2.61. The molecular weight excluding hydrogens is 679 g/mol. The normalized spacial score (nSPS) is 22.7. The van der Waals surface area contributed by atoms with Crippen molar-refractivity contribution >= 4 is 10.8 Å². The summed E-state index contributed by atoms with van der Waals surface area (Å²) in [6, 6.07) is 59.5. The molecule has 4 fully saturated rings. The zero-order valence-electron chi connectivity index (χ0n) is 31.3. The van der Waals surface area contributed by atoms with Crippen LogP contribution < -0.4 is 0 Å². The third kappa shape index (κ3) is 4.79. The van der Waals surface area contributed by atoms with Gasteiger partial charge in [-0.3, -0.25) is 0 Å². The Hall–Kier alpha value is -6.19. The van der Waals surface area contributed by atoms with Crippen molar-refractivity contribution in [3.63, 3.8) is 0 Å². The van der Waals surface area contributed by atoms with Gasteiger partial charge >= 0.3 is 0 Å². The third-order valence-electron chi connectivity index (χ3n) is 13.9. The summed E-state index contributed by atoms with van der Waals surface area (Å²) >= 11 is 0. The lowest BCUT2D eigenvalue weighted by molar-refractivity contribution is -0.0399. The molecule has 268 valence electrons. The molecule has 56 heavy (non-hydrogen) atoms. The summed E-state index contributed by atoms with van der Waals surface area (Å²) < 4.78 is 0. The fourth-order valence-electron chi connectivity index (χ4n) is 11.8. The predicted molar refractivity (Wildman–Crippen MR) is 228 cm³/mol. The van der Waals surface area contributed by atoms with Crippen molar-refractivity contribution in [2.45, 2.75) is 37.5 Å². The van der Waals surface area contributed by atoms with E-state index < -0.39 is 0 Å². The van der Waals surface area contributed by atoms with E-state index in [1.165, 1.54) is 76.3 Å². The van der Waals surface area contributed by atoms with E-state index in [1.807, 2.05) is 24.3 Å². The first-order chi connectivity index (χ1) is 27.7. The van der Waals surface area contributed by atoms with E-state index in [9.17, 15) is 0 Å². The molecular formula is C53H41N3. The Labute approximate surface area is 328 Å². The Morgan fingerprint density at radius 3 is 1.46 bits per heavy atom. The quantitative estimate of drug-likeness (QED) is 0.178. The van der Waals surface area contributed by atoms with Crippen LogP contribution in [0.5, 0.6) is 0 Å². The van der Waals surface area contributed by atoms with Crippen LogP contribution in [-0.4, -0.2) is 15.0 Å². The fourth-order valence-corrected chi connectivity index (χ4v) is 11.8. The van der Waals surface area contributed by atoms with E-state index in [1.54, 1.807) is 11.1 Å². The number of aromatic nitrogens is 3. The van der Waals surface area contributed by atoms with Crippen LogP contribution in [0.4, 0.5) is 0 Å². The number of hydrogen-bond acceptors (Lipinski definition) is 3. The molecule has 5 aliphatic carbocycles. The number of hydrogen-bond donors (Lipinski definition) is 0. The smallest absolute Gasteiger partial charge is 0.164 e. The van der Waals surface area contributed by atoms with Crippen LogP contribution in [0.1, 0.15) is 43.2 Å². The minimum absolute atomic E-state index is 0.118. The highest BCUT2D eigenvalue weighted by atomic mass is 15.0. The molecule has 4 bridgehead atoms. The van der Waals surface area contributed by atoms with Gasteiger partial charge in [0, 0.05) is 22.1 Å². The second-order valence-electron chi connectivity index (χ2n) is 16.8. The van der Waals surface area contributed by atoms with Crippen LogP contribution >= 0.6 is 0 Å². The van der Waals surface area contributed by atoms with Crippen LogP contribution in [0.2, 0.25) is 0 Å². The van der Waals surface area contributed by atoms with Gasteiger partial charge in [-0.2, -0.15) is 0 Å². The molecule has 13 rings (SSSR count). The standard InChI is InChI=1S/C53H41N3/c1-3-10-35(11-4-1)36-18-22-40(23-19-36)51-54-50(39-13-5-2-6-14-39)55-52(56-51)41-24-20-38(21-25-41)45-16-9-17-46-48(45)49-44-15-8-7-12-37(44)26-27-47(49)53(46)42-29-33-28-34(31-42)32-43(53)30-33/h1-27,33-34,42-43H,28-32H2. The van der Waals surface area contributed by atoms with Gasteiger partial charge in [-0.15, -0.1) is 0 Å². The molecule has 7 aromatic carbocycles. The molecule has 0 N–H and O–H groups in total. The molecule has 0 saturated heterocycles. The molecule has 0 unspecified atom stereocenters. The maximum absolute atomic E-state index is 5.10. The van der Waals surface area contributed by atoms with Gasteiger partial charge in [-0.1, -0.05) is 164 Å². The monoisotopic (exact) mass is 719 g/mol. The minimum atomic E-state index is 0.118. The van der Waals surface area contributed by atoms with Crippen LogP contribution in [0.25, 0.3) is 78.3 Å². The topological polar surface area (TPSA) is 38.7 Å². The highest BCUT2D eigenvalue weighted by molar-refractivity contribution is 6.06. The SMILES string of the molecule is c1ccc(-c2ccc(-c3nc(-c4ccccc4)nc(-c4ccc(-c5cccc6c5-c5c(ccc7ccccc57)C65C6CC7CC(C6)CC5C7)cc4)n3)cc2)cc1.